The summed E-state index contributed by atoms with van der Waals surface area (Å²) in [6.45, 7) is 4.35. The van der Waals surface area contributed by atoms with Crippen LogP contribution in [0.3, 0.4) is 0 Å². The van der Waals surface area contributed by atoms with Crippen molar-refractivity contribution in [2.24, 2.45) is 0 Å². The molecule has 0 saturated heterocycles. The van der Waals surface area contributed by atoms with E-state index in [2.05, 4.69) is 24.6 Å². The number of aryl methyl sites for hydroxylation is 1. The monoisotopic (exact) mass is 322 g/mol. The second kappa shape index (κ2) is 5.65. The number of anilines is 1. The highest BCUT2D eigenvalue weighted by Crippen LogP contribution is 2.17. The summed E-state index contributed by atoms with van der Waals surface area (Å²) in [7, 11) is -3.21. The molecule has 0 bridgehead atoms. The average molecular weight is 322 g/mol. The molecule has 0 radical (unpaired) electrons. The van der Waals surface area contributed by atoms with E-state index in [1.165, 1.54) is 0 Å². The van der Waals surface area contributed by atoms with Gasteiger partial charge in [-0.1, -0.05) is 0 Å². The zero-order valence-corrected chi connectivity index (χ0v) is 13.3. The van der Waals surface area contributed by atoms with Gasteiger partial charge in [-0.25, -0.2) is 28.1 Å². The van der Waals surface area contributed by atoms with Crippen LogP contribution in [-0.2, 0) is 29.7 Å². The first-order valence-electron chi connectivity index (χ1n) is 6.94. The van der Waals surface area contributed by atoms with Gasteiger partial charge in [0.2, 0.25) is 16.0 Å². The quantitative estimate of drug-likeness (QED) is 0.855. The van der Waals surface area contributed by atoms with E-state index in [1.54, 1.807) is 12.4 Å². The number of imidazole rings is 1. The lowest BCUT2D eigenvalue weighted by atomic mass is 10.3. The standard InChI is InChI=1S/C13H18N6O2S/c1-10-5-14-13(15-6-10)19-4-3-18-8-11(17-12(18)9-19)7-16-22(2,20)21/h5-6,8,16H,3-4,7,9H2,1-2H3. The van der Waals surface area contributed by atoms with Crippen LogP contribution >= 0.6 is 0 Å². The van der Waals surface area contributed by atoms with Gasteiger partial charge in [-0.3, -0.25) is 0 Å². The van der Waals surface area contributed by atoms with E-state index in [0.717, 1.165) is 30.7 Å². The summed E-state index contributed by atoms with van der Waals surface area (Å²) in [5.74, 6) is 1.58. The Morgan fingerprint density at radius 2 is 2.00 bits per heavy atom. The van der Waals surface area contributed by atoms with E-state index >= 15 is 0 Å². The van der Waals surface area contributed by atoms with Crippen molar-refractivity contribution in [3.8, 4) is 0 Å². The molecule has 0 unspecified atom stereocenters. The van der Waals surface area contributed by atoms with Crippen molar-refractivity contribution in [1.82, 2.24) is 24.2 Å². The topological polar surface area (TPSA) is 93.0 Å². The predicted molar refractivity (Wildman–Crippen MR) is 81.7 cm³/mol. The molecule has 1 aliphatic rings. The maximum Gasteiger partial charge on any atom is 0.225 e. The molecule has 8 nitrogen and oxygen atoms in total. The van der Waals surface area contributed by atoms with Crippen molar-refractivity contribution in [1.29, 1.82) is 0 Å². The van der Waals surface area contributed by atoms with Crippen molar-refractivity contribution in [3.63, 3.8) is 0 Å². The van der Waals surface area contributed by atoms with Gasteiger partial charge in [0.15, 0.2) is 0 Å². The van der Waals surface area contributed by atoms with Crippen LogP contribution in [0.1, 0.15) is 17.1 Å². The first-order valence-corrected chi connectivity index (χ1v) is 8.83. The van der Waals surface area contributed by atoms with Crippen molar-refractivity contribution >= 4 is 16.0 Å². The molecule has 3 heterocycles. The Labute approximate surface area is 129 Å². The molecule has 2 aromatic rings. The smallest absolute Gasteiger partial charge is 0.225 e. The van der Waals surface area contributed by atoms with Gasteiger partial charge >= 0.3 is 0 Å². The molecule has 22 heavy (non-hydrogen) atoms. The number of rotatable bonds is 4. The molecule has 9 heteroatoms. The second-order valence-electron chi connectivity index (χ2n) is 5.42. The average Bonchev–Trinajstić information content (AvgIpc) is 2.87. The van der Waals surface area contributed by atoms with Crippen molar-refractivity contribution < 1.29 is 8.42 Å². The van der Waals surface area contributed by atoms with Gasteiger partial charge in [0.05, 0.1) is 25.0 Å². The summed E-state index contributed by atoms with van der Waals surface area (Å²) >= 11 is 0. The molecule has 0 atom stereocenters. The van der Waals surface area contributed by atoms with E-state index in [1.807, 2.05) is 17.7 Å². The second-order valence-corrected chi connectivity index (χ2v) is 7.25. The highest BCUT2D eigenvalue weighted by atomic mass is 32.2. The minimum absolute atomic E-state index is 0.208. The molecule has 0 spiro atoms. The Balaban J connectivity index is 1.73. The van der Waals surface area contributed by atoms with Crippen LogP contribution < -0.4 is 9.62 Å². The first kappa shape index (κ1) is 14.9. The van der Waals surface area contributed by atoms with E-state index in [-0.39, 0.29) is 6.54 Å². The third-order valence-electron chi connectivity index (χ3n) is 3.42. The number of aromatic nitrogens is 4. The van der Waals surface area contributed by atoms with Crippen LogP contribution in [0, 0.1) is 6.92 Å². The summed E-state index contributed by atoms with van der Waals surface area (Å²) in [6, 6.07) is 0. The highest BCUT2D eigenvalue weighted by Gasteiger charge is 2.20. The molecule has 2 aromatic heterocycles. The number of hydrogen-bond acceptors (Lipinski definition) is 6. The summed E-state index contributed by atoms with van der Waals surface area (Å²) in [5, 5.41) is 0. The molecule has 0 saturated carbocycles. The van der Waals surface area contributed by atoms with Gasteiger partial charge in [0, 0.05) is 31.7 Å². The van der Waals surface area contributed by atoms with E-state index < -0.39 is 10.0 Å². The first-order chi connectivity index (χ1) is 10.4. The van der Waals surface area contributed by atoms with Crippen LogP contribution in [0.4, 0.5) is 5.95 Å². The Hall–Kier alpha value is -2.00. The van der Waals surface area contributed by atoms with Gasteiger partial charge < -0.3 is 9.47 Å². The Morgan fingerprint density at radius 1 is 1.27 bits per heavy atom. The molecule has 118 valence electrons. The fraction of sp³-hybridized carbons (Fsp3) is 0.462. The number of nitrogens with zero attached hydrogens (tertiary/aromatic N) is 5. The van der Waals surface area contributed by atoms with Crippen LogP contribution in [0.25, 0.3) is 0 Å². The van der Waals surface area contributed by atoms with Crippen molar-refractivity contribution in [2.75, 3.05) is 17.7 Å². The van der Waals surface area contributed by atoms with Crippen LogP contribution in [-0.4, -0.2) is 40.7 Å². The summed E-state index contributed by atoms with van der Waals surface area (Å²) in [4.78, 5) is 15.2. The van der Waals surface area contributed by atoms with Gasteiger partial charge in [-0.05, 0) is 12.5 Å². The zero-order valence-electron chi connectivity index (χ0n) is 12.5. The number of hydrogen-bond donors (Lipinski definition) is 1. The maximum atomic E-state index is 11.1. The van der Waals surface area contributed by atoms with Crippen molar-refractivity contribution in [3.05, 3.63) is 35.7 Å². The highest BCUT2D eigenvalue weighted by molar-refractivity contribution is 7.88. The van der Waals surface area contributed by atoms with E-state index in [4.69, 9.17) is 0 Å². The summed E-state index contributed by atoms with van der Waals surface area (Å²) < 4.78 is 26.8. The molecule has 0 aliphatic carbocycles. The molecule has 0 aromatic carbocycles. The van der Waals surface area contributed by atoms with Crippen LogP contribution in [0.5, 0.6) is 0 Å². The fourth-order valence-corrected chi connectivity index (χ4v) is 2.73. The largest absolute Gasteiger partial charge is 0.332 e. The van der Waals surface area contributed by atoms with Gasteiger partial charge in [-0.15, -0.1) is 0 Å². The zero-order chi connectivity index (χ0) is 15.7. The van der Waals surface area contributed by atoms with E-state index in [9.17, 15) is 8.42 Å². The Kier molecular flexibility index (Phi) is 3.83. The fourth-order valence-electron chi connectivity index (χ4n) is 2.32. The third-order valence-corrected chi connectivity index (χ3v) is 4.09. The van der Waals surface area contributed by atoms with Gasteiger partial charge in [0.25, 0.3) is 0 Å². The lowest BCUT2D eigenvalue weighted by Crippen LogP contribution is -2.34. The van der Waals surface area contributed by atoms with Crippen molar-refractivity contribution in [2.45, 2.75) is 26.6 Å². The minimum atomic E-state index is -3.21. The third kappa shape index (κ3) is 3.42. The van der Waals surface area contributed by atoms with Gasteiger partial charge in [-0.2, -0.15) is 0 Å². The lowest BCUT2D eigenvalue weighted by molar-refractivity contribution is 0.551. The molecular weight excluding hydrogens is 304 g/mol. The molecule has 0 fully saturated rings. The molecule has 1 aliphatic heterocycles. The predicted octanol–water partition coefficient (Wildman–Crippen LogP) is 0.0509. The van der Waals surface area contributed by atoms with Crippen LogP contribution in [0.2, 0.25) is 0 Å². The number of sulfonamides is 1. The normalized spacial score (nSPS) is 14.9. The molecule has 3 rings (SSSR count). The maximum absolute atomic E-state index is 11.1. The number of nitrogens with one attached hydrogen (secondary N) is 1. The molecule has 0 amide bonds. The SMILES string of the molecule is Cc1cnc(N2CCn3cc(CNS(C)(=O)=O)nc3C2)nc1. The molecular formula is C13H18N6O2S. The van der Waals surface area contributed by atoms with Gasteiger partial charge in [0.1, 0.15) is 5.82 Å². The summed E-state index contributed by atoms with van der Waals surface area (Å²) in [5.41, 5.74) is 1.74. The Morgan fingerprint density at radius 3 is 2.68 bits per heavy atom. The lowest BCUT2D eigenvalue weighted by Gasteiger charge is -2.27. The van der Waals surface area contributed by atoms with E-state index in [0.29, 0.717) is 18.2 Å². The Bertz CT molecular complexity index is 768. The van der Waals surface area contributed by atoms with Crippen LogP contribution in [0.15, 0.2) is 18.6 Å². The number of fused-ring (bicyclic) bond motifs is 1. The summed E-state index contributed by atoms with van der Waals surface area (Å²) in [6.07, 6.45) is 6.62. The molecule has 1 N–H and O–H groups in total. The minimum Gasteiger partial charge on any atom is -0.332 e.